The monoisotopic (exact) mass is 562 g/mol. The first-order valence-corrected chi connectivity index (χ1v) is 10.8. The van der Waals surface area contributed by atoms with Gasteiger partial charge in [0.25, 0.3) is 0 Å². The van der Waals surface area contributed by atoms with Gasteiger partial charge >= 0.3 is 0 Å². The third kappa shape index (κ3) is 8.55. The van der Waals surface area contributed by atoms with Gasteiger partial charge < -0.3 is 19.9 Å². The number of rotatable bonds is 8. The lowest BCUT2D eigenvalue weighted by Gasteiger charge is -2.34. The molecule has 0 aliphatic carbocycles. The Morgan fingerprint density at radius 1 is 1.29 bits per heavy atom. The first-order chi connectivity index (χ1) is 14.5. The number of aromatic nitrogens is 2. The van der Waals surface area contributed by atoms with E-state index >= 15 is 0 Å². The Kier molecular flexibility index (Phi) is 11.0. The third-order valence-electron chi connectivity index (χ3n) is 4.77. The van der Waals surface area contributed by atoms with Crippen molar-refractivity contribution in [2.24, 2.45) is 10.9 Å². The molecule has 0 spiro atoms. The minimum atomic E-state index is 0. The zero-order valence-corrected chi connectivity index (χ0v) is 21.4. The second kappa shape index (κ2) is 13.2. The van der Waals surface area contributed by atoms with Crippen LogP contribution < -0.4 is 10.6 Å². The van der Waals surface area contributed by atoms with Crippen LogP contribution in [0.15, 0.2) is 33.8 Å². The lowest BCUT2D eigenvalue weighted by molar-refractivity contribution is -0.0284. The second-order valence-electron chi connectivity index (χ2n) is 7.79. The van der Waals surface area contributed by atoms with Crippen LogP contribution in [-0.4, -0.2) is 73.5 Å². The molecule has 0 saturated carbocycles. The van der Waals surface area contributed by atoms with Gasteiger partial charge in [-0.05, 0) is 30.2 Å². The molecule has 3 rings (SSSR count). The Bertz CT molecular complexity index is 814. The molecule has 1 unspecified atom stereocenters. The molecule has 2 aromatic rings. The van der Waals surface area contributed by atoms with E-state index in [0.29, 0.717) is 35.6 Å². The quantitative estimate of drug-likeness (QED) is 0.290. The van der Waals surface area contributed by atoms with E-state index in [-0.39, 0.29) is 30.1 Å². The van der Waals surface area contributed by atoms with E-state index < -0.39 is 0 Å². The van der Waals surface area contributed by atoms with Gasteiger partial charge in [0.15, 0.2) is 5.96 Å². The number of hydrogen-bond acceptors (Lipinski definition) is 6. The molecule has 0 radical (unpaired) electrons. The van der Waals surface area contributed by atoms with Gasteiger partial charge in [0.1, 0.15) is 0 Å². The fourth-order valence-electron chi connectivity index (χ4n) is 3.38. The lowest BCUT2D eigenvalue weighted by atomic mass is 10.2. The number of hydrogen-bond donors (Lipinski definition) is 2. The Balaban J connectivity index is 0.00000341. The predicted octanol–water partition coefficient (Wildman–Crippen LogP) is 3.07. The Hall–Kier alpha value is -1.43. The summed E-state index contributed by atoms with van der Waals surface area (Å²) in [5.41, 5.74) is 0.874. The van der Waals surface area contributed by atoms with Crippen LogP contribution in [0.25, 0.3) is 11.4 Å². The van der Waals surface area contributed by atoms with Crippen molar-refractivity contribution in [1.29, 1.82) is 0 Å². The van der Waals surface area contributed by atoms with E-state index in [0.717, 1.165) is 44.3 Å². The van der Waals surface area contributed by atoms with Crippen LogP contribution in [0.2, 0.25) is 5.02 Å². The van der Waals surface area contributed by atoms with Crippen molar-refractivity contribution in [1.82, 2.24) is 25.7 Å². The van der Waals surface area contributed by atoms with E-state index in [1.165, 1.54) is 0 Å². The summed E-state index contributed by atoms with van der Waals surface area (Å²) >= 11 is 5.92. The second-order valence-corrected chi connectivity index (χ2v) is 8.23. The maximum absolute atomic E-state index is 5.92. The van der Waals surface area contributed by atoms with Crippen molar-refractivity contribution in [3.63, 3.8) is 0 Å². The van der Waals surface area contributed by atoms with Crippen molar-refractivity contribution in [2.75, 3.05) is 46.4 Å². The van der Waals surface area contributed by atoms with E-state index in [2.05, 4.69) is 44.5 Å². The minimum Gasteiger partial charge on any atom is -0.374 e. The minimum absolute atomic E-state index is 0. The van der Waals surface area contributed by atoms with Gasteiger partial charge in [0, 0.05) is 56.8 Å². The van der Waals surface area contributed by atoms with Crippen LogP contribution >= 0.6 is 35.6 Å². The van der Waals surface area contributed by atoms with Crippen molar-refractivity contribution >= 4 is 41.5 Å². The zero-order chi connectivity index (χ0) is 21.3. The summed E-state index contributed by atoms with van der Waals surface area (Å²) < 4.78 is 11.2. The highest BCUT2D eigenvalue weighted by molar-refractivity contribution is 14.0. The molecule has 1 aliphatic heterocycles. The summed E-state index contributed by atoms with van der Waals surface area (Å²) in [6.45, 7) is 9.67. The highest BCUT2D eigenvalue weighted by Gasteiger charge is 2.21. The standard InChI is InChI=1S/C21H31ClN6O2.HI/c1-15(2)13-28-10-11-29-18(14-28)12-25-21(23-3)24-9-8-19-26-20(27-30-19)16-4-6-17(22)7-5-16;/h4-7,15,18H,8-14H2,1-3H3,(H2,23,24,25);1H. The number of nitrogens with one attached hydrogen (secondary N) is 2. The molecular formula is C21H32ClIN6O2. The van der Waals surface area contributed by atoms with Crippen LogP contribution in [0, 0.1) is 5.92 Å². The average Bonchev–Trinajstić information content (AvgIpc) is 3.20. The van der Waals surface area contributed by atoms with Gasteiger partial charge in [-0.15, -0.1) is 24.0 Å². The van der Waals surface area contributed by atoms with Gasteiger partial charge in [-0.3, -0.25) is 9.89 Å². The number of ether oxygens (including phenoxy) is 1. The summed E-state index contributed by atoms with van der Waals surface area (Å²) in [5.74, 6) is 2.53. The average molecular weight is 563 g/mol. The van der Waals surface area contributed by atoms with Crippen molar-refractivity contribution < 1.29 is 9.26 Å². The van der Waals surface area contributed by atoms with Crippen LogP contribution in [0.3, 0.4) is 0 Å². The number of morpholine rings is 1. The summed E-state index contributed by atoms with van der Waals surface area (Å²) in [5, 5.41) is 11.3. The maximum Gasteiger partial charge on any atom is 0.228 e. The molecule has 2 heterocycles. The predicted molar refractivity (Wildman–Crippen MR) is 134 cm³/mol. The van der Waals surface area contributed by atoms with Crippen LogP contribution in [0.5, 0.6) is 0 Å². The highest BCUT2D eigenvalue weighted by atomic mass is 127. The summed E-state index contributed by atoms with van der Waals surface area (Å²) in [7, 11) is 1.76. The molecule has 1 aromatic heterocycles. The molecule has 1 saturated heterocycles. The number of benzene rings is 1. The van der Waals surface area contributed by atoms with Gasteiger partial charge in [-0.1, -0.05) is 30.6 Å². The van der Waals surface area contributed by atoms with E-state index in [1.807, 2.05) is 24.3 Å². The molecule has 0 bridgehead atoms. The molecule has 2 N–H and O–H groups in total. The van der Waals surface area contributed by atoms with E-state index in [1.54, 1.807) is 7.05 Å². The smallest absolute Gasteiger partial charge is 0.228 e. The SMILES string of the molecule is CN=C(NCCc1nc(-c2ccc(Cl)cc2)no1)NCC1CN(CC(C)C)CCO1.I. The number of halogens is 2. The summed E-state index contributed by atoms with van der Waals surface area (Å²) in [6.07, 6.45) is 0.762. The van der Waals surface area contributed by atoms with Crippen LogP contribution in [-0.2, 0) is 11.2 Å². The Morgan fingerprint density at radius 2 is 2.06 bits per heavy atom. The summed E-state index contributed by atoms with van der Waals surface area (Å²) in [6, 6.07) is 7.36. The van der Waals surface area contributed by atoms with Crippen LogP contribution in [0.4, 0.5) is 0 Å². The molecule has 1 fully saturated rings. The molecule has 0 amide bonds. The molecule has 172 valence electrons. The van der Waals surface area contributed by atoms with Crippen molar-refractivity contribution in [2.45, 2.75) is 26.4 Å². The largest absolute Gasteiger partial charge is 0.374 e. The summed E-state index contributed by atoms with van der Waals surface area (Å²) in [4.78, 5) is 11.2. The number of aliphatic imine (C=N–C) groups is 1. The van der Waals surface area contributed by atoms with Gasteiger partial charge in [-0.2, -0.15) is 4.98 Å². The maximum atomic E-state index is 5.92. The first kappa shape index (κ1) is 25.8. The molecule has 31 heavy (non-hydrogen) atoms. The molecule has 1 atom stereocenters. The lowest BCUT2D eigenvalue weighted by Crippen LogP contribution is -2.50. The van der Waals surface area contributed by atoms with Gasteiger partial charge in [-0.25, -0.2) is 0 Å². The highest BCUT2D eigenvalue weighted by Crippen LogP contribution is 2.18. The number of guanidine groups is 1. The van der Waals surface area contributed by atoms with Crippen molar-refractivity contribution in [3.05, 3.63) is 35.2 Å². The fourth-order valence-corrected chi connectivity index (χ4v) is 3.50. The molecular weight excluding hydrogens is 531 g/mol. The fraction of sp³-hybridized carbons (Fsp3) is 0.571. The van der Waals surface area contributed by atoms with Gasteiger partial charge in [0.2, 0.25) is 11.7 Å². The third-order valence-corrected chi connectivity index (χ3v) is 5.02. The Morgan fingerprint density at radius 3 is 2.77 bits per heavy atom. The molecule has 8 nitrogen and oxygen atoms in total. The topological polar surface area (TPSA) is 87.8 Å². The zero-order valence-electron chi connectivity index (χ0n) is 18.3. The molecule has 1 aliphatic rings. The van der Waals surface area contributed by atoms with Gasteiger partial charge in [0.05, 0.1) is 12.7 Å². The normalized spacial score (nSPS) is 17.5. The van der Waals surface area contributed by atoms with Crippen LogP contribution in [0.1, 0.15) is 19.7 Å². The number of nitrogens with zero attached hydrogens (tertiary/aromatic N) is 4. The van der Waals surface area contributed by atoms with E-state index in [4.69, 9.17) is 20.9 Å². The molecule has 1 aromatic carbocycles. The van der Waals surface area contributed by atoms with E-state index in [9.17, 15) is 0 Å². The van der Waals surface area contributed by atoms with Crippen molar-refractivity contribution in [3.8, 4) is 11.4 Å². The first-order valence-electron chi connectivity index (χ1n) is 10.4. The molecule has 10 heteroatoms. The Labute approximate surface area is 206 Å².